The highest BCUT2D eigenvalue weighted by Crippen LogP contribution is 2.52. The number of fused-ring (bicyclic) bond motifs is 1. The van der Waals surface area contributed by atoms with Crippen LogP contribution in [-0.2, 0) is 9.57 Å². The van der Waals surface area contributed by atoms with Crippen molar-refractivity contribution in [2.75, 3.05) is 13.7 Å². The molecule has 1 aliphatic heterocycles. The van der Waals surface area contributed by atoms with Crippen LogP contribution in [0.25, 0.3) is 0 Å². The molecule has 0 aromatic heterocycles. The molecule has 1 aliphatic carbocycles. The maximum absolute atomic E-state index is 5.87. The molecule has 82 valence electrons. The second-order valence-corrected chi connectivity index (χ2v) is 4.84. The van der Waals surface area contributed by atoms with Crippen LogP contribution in [0.5, 0.6) is 0 Å². The molecule has 3 atom stereocenters. The molecule has 1 saturated carbocycles. The van der Waals surface area contributed by atoms with Crippen molar-refractivity contribution in [3.63, 3.8) is 0 Å². The van der Waals surface area contributed by atoms with Gasteiger partial charge in [-0.3, -0.25) is 4.84 Å². The average Bonchev–Trinajstić information content (AvgIpc) is 2.55. The van der Waals surface area contributed by atoms with Gasteiger partial charge in [-0.25, -0.2) is 0 Å². The van der Waals surface area contributed by atoms with Gasteiger partial charge in [-0.05, 0) is 33.6 Å². The van der Waals surface area contributed by atoms with E-state index in [9.17, 15) is 0 Å². The van der Waals surface area contributed by atoms with Gasteiger partial charge in [-0.2, -0.15) is 5.06 Å². The second-order valence-electron chi connectivity index (χ2n) is 4.84. The lowest BCUT2D eigenvalue weighted by Gasteiger charge is -2.30. The monoisotopic (exact) mass is 199 g/mol. The first kappa shape index (κ1) is 10.4. The van der Waals surface area contributed by atoms with Gasteiger partial charge in [-0.1, -0.05) is 6.42 Å². The van der Waals surface area contributed by atoms with Crippen LogP contribution in [-0.4, -0.2) is 30.0 Å². The Morgan fingerprint density at radius 3 is 2.86 bits per heavy atom. The first-order valence-electron chi connectivity index (χ1n) is 5.60. The molecule has 3 heteroatoms. The number of hydrogen-bond acceptors (Lipinski definition) is 3. The van der Waals surface area contributed by atoms with E-state index in [-0.39, 0.29) is 5.54 Å². The third-order valence-corrected chi connectivity index (χ3v) is 4.03. The molecule has 0 amide bonds. The summed E-state index contributed by atoms with van der Waals surface area (Å²) in [4.78, 5) is 5.87. The van der Waals surface area contributed by atoms with Gasteiger partial charge in [0.05, 0.1) is 5.54 Å². The lowest BCUT2D eigenvalue weighted by molar-refractivity contribution is -0.301. The van der Waals surface area contributed by atoms with Crippen molar-refractivity contribution in [3.8, 4) is 0 Å². The molecule has 1 heterocycles. The molecule has 1 unspecified atom stereocenters. The standard InChI is InChI=1S/C11H21NO2/c1-5-13-11(3)9-7-6-8-10(9,2)12(4)14-11/h9H,5-8H2,1-4H3/t9-,10+,11?/m0/s1. The van der Waals surface area contributed by atoms with E-state index >= 15 is 0 Å². The van der Waals surface area contributed by atoms with Gasteiger partial charge in [0.25, 0.3) is 0 Å². The largest absolute Gasteiger partial charge is 0.348 e. The molecule has 0 bridgehead atoms. The van der Waals surface area contributed by atoms with Crippen molar-refractivity contribution in [2.45, 2.75) is 51.4 Å². The normalized spacial score (nSPS) is 48.4. The highest BCUT2D eigenvalue weighted by atomic mass is 16.8. The number of rotatable bonds is 2. The van der Waals surface area contributed by atoms with Gasteiger partial charge in [-0.15, -0.1) is 0 Å². The van der Waals surface area contributed by atoms with E-state index in [0.29, 0.717) is 5.92 Å². The molecular weight excluding hydrogens is 178 g/mol. The second kappa shape index (κ2) is 3.19. The Hall–Kier alpha value is -0.120. The minimum atomic E-state index is -0.394. The first-order valence-corrected chi connectivity index (χ1v) is 5.60. The fourth-order valence-electron chi connectivity index (χ4n) is 3.21. The van der Waals surface area contributed by atoms with Gasteiger partial charge in [0, 0.05) is 19.6 Å². The number of ether oxygens (including phenoxy) is 1. The number of hydroxylamine groups is 2. The van der Waals surface area contributed by atoms with Crippen molar-refractivity contribution in [3.05, 3.63) is 0 Å². The van der Waals surface area contributed by atoms with Crippen molar-refractivity contribution in [2.24, 2.45) is 5.92 Å². The Balaban J connectivity index is 2.24. The van der Waals surface area contributed by atoms with E-state index in [1.165, 1.54) is 19.3 Å². The summed E-state index contributed by atoms with van der Waals surface area (Å²) in [7, 11) is 2.03. The smallest absolute Gasteiger partial charge is 0.189 e. The quantitative estimate of drug-likeness (QED) is 0.680. The molecule has 3 nitrogen and oxygen atoms in total. The summed E-state index contributed by atoms with van der Waals surface area (Å²) < 4.78 is 5.78. The zero-order chi connectivity index (χ0) is 10.4. The van der Waals surface area contributed by atoms with Gasteiger partial charge >= 0.3 is 0 Å². The lowest BCUT2D eigenvalue weighted by atomic mass is 9.84. The summed E-state index contributed by atoms with van der Waals surface area (Å²) in [5.41, 5.74) is 0.184. The Bertz CT molecular complexity index is 233. The van der Waals surface area contributed by atoms with Gasteiger partial charge < -0.3 is 4.74 Å². The van der Waals surface area contributed by atoms with Crippen molar-refractivity contribution in [1.82, 2.24) is 5.06 Å². The fraction of sp³-hybridized carbons (Fsp3) is 1.00. The van der Waals surface area contributed by atoms with Gasteiger partial charge in [0.2, 0.25) is 0 Å². The maximum atomic E-state index is 5.87. The minimum absolute atomic E-state index is 0.184. The van der Waals surface area contributed by atoms with E-state index < -0.39 is 5.79 Å². The van der Waals surface area contributed by atoms with E-state index in [1.54, 1.807) is 0 Å². The molecule has 0 N–H and O–H groups in total. The minimum Gasteiger partial charge on any atom is -0.348 e. The molecule has 14 heavy (non-hydrogen) atoms. The summed E-state index contributed by atoms with van der Waals surface area (Å²) in [5, 5.41) is 2.01. The molecule has 2 aliphatic rings. The van der Waals surface area contributed by atoms with Gasteiger partial charge in [0.15, 0.2) is 5.79 Å². The summed E-state index contributed by atoms with van der Waals surface area (Å²) in [5.74, 6) is 0.120. The predicted octanol–water partition coefficient (Wildman–Crippen LogP) is 2.17. The first-order chi connectivity index (χ1) is 6.53. The molecule has 0 aromatic carbocycles. The van der Waals surface area contributed by atoms with E-state index in [0.717, 1.165) is 6.61 Å². The third kappa shape index (κ3) is 1.23. The molecule has 1 saturated heterocycles. The van der Waals surface area contributed by atoms with Crippen LogP contribution in [0.2, 0.25) is 0 Å². The molecule has 0 aromatic rings. The van der Waals surface area contributed by atoms with Crippen molar-refractivity contribution >= 4 is 0 Å². The molecule has 0 radical (unpaired) electrons. The van der Waals surface area contributed by atoms with E-state index in [2.05, 4.69) is 13.8 Å². The van der Waals surface area contributed by atoms with E-state index in [1.807, 2.05) is 19.0 Å². The molecular formula is C11H21NO2. The summed E-state index contributed by atoms with van der Waals surface area (Å²) in [6.07, 6.45) is 3.73. The predicted molar refractivity (Wildman–Crippen MR) is 54.6 cm³/mol. The third-order valence-electron chi connectivity index (χ3n) is 4.03. The van der Waals surface area contributed by atoms with Crippen molar-refractivity contribution < 1.29 is 9.57 Å². The zero-order valence-electron chi connectivity index (χ0n) is 9.67. The number of hydrogen-bond donors (Lipinski definition) is 0. The Morgan fingerprint density at radius 1 is 1.50 bits per heavy atom. The Morgan fingerprint density at radius 2 is 2.21 bits per heavy atom. The maximum Gasteiger partial charge on any atom is 0.189 e. The summed E-state index contributed by atoms with van der Waals surface area (Å²) in [6, 6.07) is 0. The Labute approximate surface area is 86.3 Å². The zero-order valence-corrected chi connectivity index (χ0v) is 9.67. The average molecular weight is 199 g/mol. The fourth-order valence-corrected chi connectivity index (χ4v) is 3.21. The van der Waals surface area contributed by atoms with Gasteiger partial charge in [0.1, 0.15) is 0 Å². The molecule has 2 rings (SSSR count). The molecule has 2 fully saturated rings. The van der Waals surface area contributed by atoms with Crippen LogP contribution in [0, 0.1) is 5.92 Å². The number of nitrogens with zero attached hydrogens (tertiary/aromatic N) is 1. The SMILES string of the molecule is CCOC1(C)ON(C)[C@]2(C)CCC[C@H]12. The van der Waals surface area contributed by atoms with Crippen LogP contribution in [0.3, 0.4) is 0 Å². The van der Waals surface area contributed by atoms with E-state index in [4.69, 9.17) is 9.57 Å². The topological polar surface area (TPSA) is 21.7 Å². The highest BCUT2D eigenvalue weighted by Gasteiger charge is 2.60. The molecule has 0 spiro atoms. The van der Waals surface area contributed by atoms with Crippen LogP contribution < -0.4 is 0 Å². The Kier molecular flexibility index (Phi) is 2.37. The van der Waals surface area contributed by atoms with Crippen LogP contribution >= 0.6 is 0 Å². The van der Waals surface area contributed by atoms with Crippen LogP contribution in [0.4, 0.5) is 0 Å². The van der Waals surface area contributed by atoms with Crippen LogP contribution in [0.15, 0.2) is 0 Å². The van der Waals surface area contributed by atoms with Crippen LogP contribution in [0.1, 0.15) is 40.0 Å². The summed E-state index contributed by atoms with van der Waals surface area (Å²) in [6.45, 7) is 7.11. The van der Waals surface area contributed by atoms with Crippen molar-refractivity contribution in [1.29, 1.82) is 0 Å². The summed E-state index contributed by atoms with van der Waals surface area (Å²) >= 11 is 0. The highest BCUT2D eigenvalue weighted by molar-refractivity contribution is 5.03. The lowest BCUT2D eigenvalue weighted by Crippen LogP contribution is -2.41.